The van der Waals surface area contributed by atoms with Crippen molar-refractivity contribution in [1.82, 2.24) is 14.5 Å². The van der Waals surface area contributed by atoms with Gasteiger partial charge in [-0.05, 0) is 51.0 Å². The molecule has 1 aromatic carbocycles. The third-order valence-corrected chi connectivity index (χ3v) is 7.43. The number of carbonyl (C=O) groups is 1. The zero-order valence-corrected chi connectivity index (χ0v) is 20.9. The minimum atomic E-state index is -4.20. The molecule has 1 aliphatic carbocycles. The van der Waals surface area contributed by atoms with E-state index in [0.29, 0.717) is 30.0 Å². The summed E-state index contributed by atoms with van der Waals surface area (Å²) in [5.74, 6) is -0.718. The van der Waals surface area contributed by atoms with E-state index < -0.39 is 24.3 Å². The Bertz CT molecular complexity index is 1110. The van der Waals surface area contributed by atoms with Gasteiger partial charge in [0.05, 0.1) is 24.2 Å². The number of benzene rings is 1. The second-order valence-electron chi connectivity index (χ2n) is 9.90. The van der Waals surface area contributed by atoms with E-state index >= 15 is 0 Å². The summed E-state index contributed by atoms with van der Waals surface area (Å²) >= 11 is 0. The minimum absolute atomic E-state index is 0.0226. The van der Waals surface area contributed by atoms with E-state index in [4.69, 9.17) is 9.72 Å². The van der Waals surface area contributed by atoms with Crippen molar-refractivity contribution in [3.63, 3.8) is 0 Å². The molecule has 6 nitrogen and oxygen atoms in total. The monoisotopic (exact) mass is 505 g/mol. The lowest BCUT2D eigenvalue weighted by atomic mass is 9.87. The molecule has 0 spiro atoms. The van der Waals surface area contributed by atoms with Crippen molar-refractivity contribution in [2.75, 3.05) is 6.54 Å². The van der Waals surface area contributed by atoms with Gasteiger partial charge < -0.3 is 9.64 Å². The summed E-state index contributed by atoms with van der Waals surface area (Å²) in [7, 11) is 0. The standard InChI is InChI=1S/C27H34F3N3O3/c1-3-4-10-24(19-8-6-5-7-9-19)33-18(2)31-23-17-32(16-15-22(23)25(33)34)26(35)36-21-13-11-20(12-14-21)27(28,29)30/h5-9,20-21,24H,3-4,10-17H2,1-2H3/t20-,21+,24?. The lowest BCUT2D eigenvalue weighted by Gasteiger charge is -2.33. The second kappa shape index (κ2) is 11.0. The molecule has 1 aliphatic heterocycles. The largest absolute Gasteiger partial charge is 0.446 e. The number of hydrogen-bond donors (Lipinski definition) is 0. The maximum absolute atomic E-state index is 13.6. The van der Waals surface area contributed by atoms with Crippen LogP contribution in [0.2, 0.25) is 0 Å². The third kappa shape index (κ3) is 5.76. The number of carbonyl (C=O) groups excluding carboxylic acids is 1. The van der Waals surface area contributed by atoms with E-state index in [1.54, 1.807) is 4.57 Å². The van der Waals surface area contributed by atoms with Crippen molar-refractivity contribution in [3.05, 3.63) is 63.3 Å². The molecular weight excluding hydrogens is 471 g/mol. The van der Waals surface area contributed by atoms with Crippen molar-refractivity contribution in [3.8, 4) is 0 Å². The van der Waals surface area contributed by atoms with Gasteiger partial charge in [-0.1, -0.05) is 50.1 Å². The van der Waals surface area contributed by atoms with Crippen LogP contribution in [0, 0.1) is 12.8 Å². The van der Waals surface area contributed by atoms with Gasteiger partial charge in [0.25, 0.3) is 5.56 Å². The summed E-state index contributed by atoms with van der Waals surface area (Å²) in [6.45, 7) is 4.42. The van der Waals surface area contributed by atoms with Gasteiger partial charge in [-0.15, -0.1) is 0 Å². The van der Waals surface area contributed by atoms with Crippen LogP contribution >= 0.6 is 0 Å². The molecule has 1 saturated carbocycles. The Morgan fingerprint density at radius 3 is 2.50 bits per heavy atom. The van der Waals surface area contributed by atoms with E-state index in [0.717, 1.165) is 24.8 Å². The smallest absolute Gasteiger partial charge is 0.410 e. The number of nitrogens with zero attached hydrogens (tertiary/aromatic N) is 3. The molecule has 4 rings (SSSR count). The number of halogens is 3. The first-order valence-corrected chi connectivity index (χ1v) is 12.9. The topological polar surface area (TPSA) is 64.4 Å². The highest BCUT2D eigenvalue weighted by Crippen LogP contribution is 2.38. The SMILES string of the molecule is CCCCC(c1ccccc1)n1c(C)nc2c(c1=O)CCN(C(=O)O[C@H]1CC[C@@H](C(F)(F)F)CC1)C2. The normalized spacial score (nSPS) is 21.1. The molecule has 36 heavy (non-hydrogen) atoms. The zero-order chi connectivity index (χ0) is 25.9. The molecule has 0 bridgehead atoms. The number of ether oxygens (including phenoxy) is 1. The fourth-order valence-electron chi connectivity index (χ4n) is 5.39. The number of aryl methyl sites for hydroxylation is 1. The van der Waals surface area contributed by atoms with Crippen LogP contribution in [0.4, 0.5) is 18.0 Å². The Morgan fingerprint density at radius 2 is 1.86 bits per heavy atom. The van der Waals surface area contributed by atoms with Crippen LogP contribution in [0.15, 0.2) is 35.1 Å². The molecule has 1 aromatic heterocycles. The van der Waals surface area contributed by atoms with Crippen molar-refractivity contribution < 1.29 is 22.7 Å². The van der Waals surface area contributed by atoms with Crippen LogP contribution < -0.4 is 5.56 Å². The van der Waals surface area contributed by atoms with E-state index in [1.807, 2.05) is 37.3 Å². The van der Waals surface area contributed by atoms with E-state index in [-0.39, 0.29) is 43.8 Å². The van der Waals surface area contributed by atoms with Gasteiger partial charge in [-0.2, -0.15) is 13.2 Å². The first kappa shape index (κ1) is 26.2. The Balaban J connectivity index is 1.48. The molecule has 0 saturated heterocycles. The van der Waals surface area contributed by atoms with Crippen LogP contribution in [0.25, 0.3) is 0 Å². The number of aromatic nitrogens is 2. The van der Waals surface area contributed by atoms with Gasteiger partial charge in [0.15, 0.2) is 0 Å². The maximum Gasteiger partial charge on any atom is 0.410 e. The summed E-state index contributed by atoms with van der Waals surface area (Å²) in [5.41, 5.74) is 2.19. The van der Waals surface area contributed by atoms with Gasteiger partial charge in [0.1, 0.15) is 11.9 Å². The number of fused-ring (bicyclic) bond motifs is 1. The molecule has 2 heterocycles. The Hall–Kier alpha value is -2.84. The first-order chi connectivity index (χ1) is 17.2. The molecule has 0 N–H and O–H groups in total. The summed E-state index contributed by atoms with van der Waals surface area (Å²) < 4.78 is 46.1. The number of amides is 1. The lowest BCUT2D eigenvalue weighted by Crippen LogP contribution is -2.43. The first-order valence-electron chi connectivity index (χ1n) is 12.9. The Morgan fingerprint density at radius 1 is 1.17 bits per heavy atom. The lowest BCUT2D eigenvalue weighted by molar-refractivity contribution is -0.186. The highest BCUT2D eigenvalue weighted by molar-refractivity contribution is 5.68. The van der Waals surface area contributed by atoms with Gasteiger partial charge >= 0.3 is 12.3 Å². The molecule has 2 aliphatic rings. The molecule has 2 aromatic rings. The molecule has 0 radical (unpaired) electrons. The van der Waals surface area contributed by atoms with E-state index in [9.17, 15) is 22.8 Å². The summed E-state index contributed by atoms with van der Waals surface area (Å²) in [5, 5.41) is 0. The van der Waals surface area contributed by atoms with Crippen molar-refractivity contribution in [1.29, 1.82) is 0 Å². The average molecular weight is 506 g/mol. The van der Waals surface area contributed by atoms with Crippen molar-refractivity contribution >= 4 is 6.09 Å². The second-order valence-corrected chi connectivity index (χ2v) is 9.90. The van der Waals surface area contributed by atoms with E-state index in [2.05, 4.69) is 6.92 Å². The quantitative estimate of drug-likeness (QED) is 0.487. The van der Waals surface area contributed by atoms with Crippen LogP contribution in [0.1, 0.15) is 80.6 Å². The number of hydrogen-bond acceptors (Lipinski definition) is 4. The van der Waals surface area contributed by atoms with Gasteiger partial charge in [0.2, 0.25) is 0 Å². The summed E-state index contributed by atoms with van der Waals surface area (Å²) in [4.78, 5) is 32.6. The summed E-state index contributed by atoms with van der Waals surface area (Å²) in [6, 6.07) is 9.86. The Labute approximate surface area is 209 Å². The van der Waals surface area contributed by atoms with Gasteiger partial charge in [-0.3, -0.25) is 9.36 Å². The van der Waals surface area contributed by atoms with Crippen LogP contribution in [-0.2, 0) is 17.7 Å². The molecule has 1 fully saturated rings. The molecule has 9 heteroatoms. The van der Waals surface area contributed by atoms with Crippen molar-refractivity contribution in [2.24, 2.45) is 5.92 Å². The highest BCUT2D eigenvalue weighted by atomic mass is 19.4. The average Bonchev–Trinajstić information content (AvgIpc) is 2.86. The van der Waals surface area contributed by atoms with Gasteiger partial charge in [0, 0.05) is 12.1 Å². The number of alkyl halides is 3. The van der Waals surface area contributed by atoms with Crippen molar-refractivity contribution in [2.45, 2.75) is 90.1 Å². The summed E-state index contributed by atoms with van der Waals surface area (Å²) in [6.07, 6.45) is -1.69. The third-order valence-electron chi connectivity index (χ3n) is 7.43. The fraction of sp³-hybridized carbons (Fsp3) is 0.593. The molecular formula is C27H34F3N3O3. The zero-order valence-electron chi connectivity index (χ0n) is 20.9. The predicted octanol–water partition coefficient (Wildman–Crippen LogP) is 5.95. The molecule has 1 amide bonds. The Kier molecular flexibility index (Phi) is 8.05. The highest BCUT2D eigenvalue weighted by Gasteiger charge is 2.42. The van der Waals surface area contributed by atoms with Gasteiger partial charge in [-0.25, -0.2) is 9.78 Å². The minimum Gasteiger partial charge on any atom is -0.446 e. The molecule has 1 unspecified atom stereocenters. The van der Waals surface area contributed by atoms with Crippen LogP contribution in [-0.4, -0.2) is 39.4 Å². The number of rotatable bonds is 6. The molecule has 196 valence electrons. The molecule has 1 atom stereocenters. The van der Waals surface area contributed by atoms with Crippen LogP contribution in [0.3, 0.4) is 0 Å². The number of unbranched alkanes of at least 4 members (excludes halogenated alkanes) is 1. The predicted molar refractivity (Wildman–Crippen MR) is 130 cm³/mol. The maximum atomic E-state index is 13.6. The van der Waals surface area contributed by atoms with Crippen LogP contribution in [0.5, 0.6) is 0 Å². The fourth-order valence-corrected chi connectivity index (χ4v) is 5.39. The van der Waals surface area contributed by atoms with E-state index in [1.165, 1.54) is 4.90 Å².